The van der Waals surface area contributed by atoms with Crippen LogP contribution < -0.4 is 9.62 Å². The molecule has 1 aromatic rings. The topological polar surface area (TPSA) is 69.7 Å². The van der Waals surface area contributed by atoms with Gasteiger partial charge in [-0.3, -0.25) is 9.10 Å². The van der Waals surface area contributed by atoms with E-state index in [0.29, 0.717) is 12.2 Å². The molecule has 0 unspecified atom stereocenters. The van der Waals surface area contributed by atoms with Gasteiger partial charge in [0.25, 0.3) is 0 Å². The van der Waals surface area contributed by atoms with Gasteiger partial charge in [0.1, 0.15) is 6.54 Å². The van der Waals surface area contributed by atoms with Crippen molar-refractivity contribution in [1.82, 2.24) is 10.2 Å². The molecule has 0 bridgehead atoms. The minimum Gasteiger partial charge on any atom is -0.354 e. The van der Waals surface area contributed by atoms with Crippen molar-refractivity contribution >= 4 is 21.6 Å². The van der Waals surface area contributed by atoms with Gasteiger partial charge in [0, 0.05) is 6.54 Å². The van der Waals surface area contributed by atoms with E-state index in [9.17, 15) is 13.2 Å². The number of hydrogen-bond acceptors (Lipinski definition) is 4. The molecule has 0 saturated carbocycles. The zero-order valence-corrected chi connectivity index (χ0v) is 15.8. The fourth-order valence-electron chi connectivity index (χ4n) is 3.07. The van der Waals surface area contributed by atoms with E-state index in [1.165, 1.54) is 25.7 Å². The number of hydrogen-bond donors (Lipinski definition) is 1. The maximum absolute atomic E-state index is 12.1. The molecule has 0 spiro atoms. The molecule has 0 atom stereocenters. The van der Waals surface area contributed by atoms with E-state index in [2.05, 4.69) is 10.2 Å². The summed E-state index contributed by atoms with van der Waals surface area (Å²) in [5, 5.41) is 2.84. The van der Waals surface area contributed by atoms with Crippen LogP contribution in [0.2, 0.25) is 0 Å². The first-order valence-corrected chi connectivity index (χ1v) is 10.8. The highest BCUT2D eigenvalue weighted by molar-refractivity contribution is 7.92. The van der Waals surface area contributed by atoms with Gasteiger partial charge in [-0.25, -0.2) is 8.42 Å². The molecule has 0 radical (unpaired) electrons. The van der Waals surface area contributed by atoms with Crippen LogP contribution in [0.5, 0.6) is 0 Å². The first-order chi connectivity index (χ1) is 12.0. The molecule has 25 heavy (non-hydrogen) atoms. The lowest BCUT2D eigenvalue weighted by molar-refractivity contribution is -0.119. The Bertz CT molecular complexity index is 626. The van der Waals surface area contributed by atoms with Crippen molar-refractivity contribution in [3.63, 3.8) is 0 Å². The molecule has 140 valence electrons. The molecular formula is C18H29N3O3S. The standard InChI is InChI=1S/C18H29N3O3S/c1-25(23,24)21(17-10-5-4-6-11-17)16-18(22)19-12-9-15-20-13-7-2-3-8-14-20/h4-6,10-11H,2-3,7-9,12-16H2,1H3,(H,19,22). The number of carbonyl (C=O) groups is 1. The average Bonchev–Trinajstić information content (AvgIpc) is 2.85. The van der Waals surface area contributed by atoms with Crippen LogP contribution in [0.3, 0.4) is 0 Å². The second-order valence-electron chi connectivity index (χ2n) is 6.56. The normalized spacial score (nSPS) is 16.2. The maximum atomic E-state index is 12.1. The van der Waals surface area contributed by atoms with Crippen molar-refractivity contribution in [2.24, 2.45) is 0 Å². The van der Waals surface area contributed by atoms with Crippen molar-refractivity contribution in [3.05, 3.63) is 30.3 Å². The third-order valence-corrected chi connectivity index (χ3v) is 5.54. The number of para-hydroxylation sites is 1. The van der Waals surface area contributed by atoms with Gasteiger partial charge >= 0.3 is 0 Å². The van der Waals surface area contributed by atoms with Crippen molar-refractivity contribution in [1.29, 1.82) is 0 Å². The first-order valence-electron chi connectivity index (χ1n) is 8.98. The Kier molecular flexibility index (Phi) is 7.71. The van der Waals surface area contributed by atoms with E-state index >= 15 is 0 Å². The Hall–Kier alpha value is -1.60. The monoisotopic (exact) mass is 367 g/mol. The van der Waals surface area contributed by atoms with E-state index in [1.807, 2.05) is 6.07 Å². The summed E-state index contributed by atoms with van der Waals surface area (Å²) in [5.74, 6) is -0.273. The predicted molar refractivity (Wildman–Crippen MR) is 101 cm³/mol. The summed E-state index contributed by atoms with van der Waals surface area (Å²) in [4.78, 5) is 14.6. The van der Waals surface area contributed by atoms with E-state index in [1.54, 1.807) is 24.3 Å². The predicted octanol–water partition coefficient (Wildman–Crippen LogP) is 1.83. The van der Waals surface area contributed by atoms with Crippen molar-refractivity contribution in [2.75, 3.05) is 43.3 Å². The van der Waals surface area contributed by atoms with Crippen molar-refractivity contribution < 1.29 is 13.2 Å². The Morgan fingerprint density at radius 3 is 2.36 bits per heavy atom. The Morgan fingerprint density at radius 1 is 1.12 bits per heavy atom. The molecule has 1 saturated heterocycles. The molecule has 1 N–H and O–H groups in total. The van der Waals surface area contributed by atoms with E-state index in [4.69, 9.17) is 0 Å². The van der Waals surface area contributed by atoms with E-state index in [-0.39, 0.29) is 12.5 Å². The molecule has 7 heteroatoms. The Balaban J connectivity index is 1.77. The number of sulfonamides is 1. The lowest BCUT2D eigenvalue weighted by atomic mass is 10.2. The van der Waals surface area contributed by atoms with Gasteiger partial charge in [-0.05, 0) is 51.0 Å². The highest BCUT2D eigenvalue weighted by Gasteiger charge is 2.20. The molecule has 0 aromatic heterocycles. The van der Waals surface area contributed by atoms with Crippen LogP contribution in [0, 0.1) is 0 Å². The van der Waals surface area contributed by atoms with Crippen molar-refractivity contribution in [2.45, 2.75) is 32.1 Å². The third kappa shape index (κ3) is 7.04. The quantitative estimate of drug-likeness (QED) is 0.712. The molecule has 1 aromatic carbocycles. The molecular weight excluding hydrogens is 338 g/mol. The third-order valence-electron chi connectivity index (χ3n) is 4.40. The summed E-state index contributed by atoms with van der Waals surface area (Å²) in [6.45, 7) is 3.65. The van der Waals surface area contributed by atoms with Crippen LogP contribution in [0.4, 0.5) is 5.69 Å². The van der Waals surface area contributed by atoms with Crippen LogP contribution in [-0.2, 0) is 14.8 Å². The van der Waals surface area contributed by atoms with Crippen LogP contribution >= 0.6 is 0 Å². The van der Waals surface area contributed by atoms with Gasteiger partial charge in [0.15, 0.2) is 0 Å². The fourth-order valence-corrected chi connectivity index (χ4v) is 3.93. The van der Waals surface area contributed by atoms with Crippen LogP contribution in [0.1, 0.15) is 32.1 Å². The highest BCUT2D eigenvalue weighted by Crippen LogP contribution is 2.16. The van der Waals surface area contributed by atoms with Crippen LogP contribution in [0.15, 0.2) is 30.3 Å². The fraction of sp³-hybridized carbons (Fsp3) is 0.611. The number of rotatable bonds is 8. The summed E-state index contributed by atoms with van der Waals surface area (Å²) < 4.78 is 25.1. The average molecular weight is 368 g/mol. The highest BCUT2D eigenvalue weighted by atomic mass is 32.2. The Morgan fingerprint density at radius 2 is 1.76 bits per heavy atom. The summed E-state index contributed by atoms with van der Waals surface area (Å²) in [6, 6.07) is 8.70. The first kappa shape index (κ1) is 19.7. The number of anilines is 1. The van der Waals surface area contributed by atoms with E-state index in [0.717, 1.165) is 36.6 Å². The molecule has 2 rings (SSSR count). The molecule has 1 fully saturated rings. The lowest BCUT2D eigenvalue weighted by Gasteiger charge is -2.22. The molecule has 0 aliphatic carbocycles. The van der Waals surface area contributed by atoms with Crippen LogP contribution in [-0.4, -0.2) is 58.2 Å². The number of likely N-dealkylation sites (tertiary alicyclic amines) is 1. The summed E-state index contributed by atoms with van der Waals surface area (Å²) >= 11 is 0. The number of nitrogens with zero attached hydrogens (tertiary/aromatic N) is 2. The Labute approximate surface area is 151 Å². The zero-order chi connectivity index (χ0) is 18.1. The minimum absolute atomic E-state index is 0.188. The smallest absolute Gasteiger partial charge is 0.240 e. The molecule has 1 aliphatic rings. The molecule has 1 heterocycles. The van der Waals surface area contributed by atoms with Crippen LogP contribution in [0.25, 0.3) is 0 Å². The van der Waals surface area contributed by atoms with Gasteiger partial charge in [-0.1, -0.05) is 31.0 Å². The van der Waals surface area contributed by atoms with Gasteiger partial charge in [-0.2, -0.15) is 0 Å². The zero-order valence-electron chi connectivity index (χ0n) is 15.0. The van der Waals surface area contributed by atoms with Crippen molar-refractivity contribution in [3.8, 4) is 0 Å². The van der Waals surface area contributed by atoms with E-state index < -0.39 is 10.0 Å². The largest absolute Gasteiger partial charge is 0.354 e. The van der Waals surface area contributed by atoms with Gasteiger partial charge in [0.05, 0.1) is 11.9 Å². The summed E-state index contributed by atoms with van der Waals surface area (Å²) in [6.07, 6.45) is 7.14. The van der Waals surface area contributed by atoms with Gasteiger partial charge < -0.3 is 10.2 Å². The maximum Gasteiger partial charge on any atom is 0.240 e. The number of amides is 1. The van der Waals surface area contributed by atoms with Gasteiger partial charge in [0.2, 0.25) is 15.9 Å². The second-order valence-corrected chi connectivity index (χ2v) is 8.47. The molecule has 1 amide bonds. The minimum atomic E-state index is -3.50. The van der Waals surface area contributed by atoms with Gasteiger partial charge in [-0.15, -0.1) is 0 Å². The summed E-state index contributed by atoms with van der Waals surface area (Å²) in [5.41, 5.74) is 0.504. The molecule has 1 aliphatic heterocycles. The lowest BCUT2D eigenvalue weighted by Crippen LogP contribution is -2.41. The number of benzene rings is 1. The molecule has 6 nitrogen and oxygen atoms in total. The summed E-state index contributed by atoms with van der Waals surface area (Å²) in [7, 11) is -3.50. The SMILES string of the molecule is CS(=O)(=O)N(CC(=O)NCCCN1CCCCCC1)c1ccccc1. The number of carbonyl (C=O) groups excluding carboxylic acids is 1. The second kappa shape index (κ2) is 9.77. The number of nitrogens with one attached hydrogen (secondary N) is 1.